The summed E-state index contributed by atoms with van der Waals surface area (Å²) in [5.41, 5.74) is 0.902. The predicted octanol–water partition coefficient (Wildman–Crippen LogP) is 3.34. The Morgan fingerprint density at radius 1 is 1.57 bits per heavy atom. The van der Waals surface area contributed by atoms with Gasteiger partial charge in [0.25, 0.3) is 0 Å². The van der Waals surface area contributed by atoms with E-state index in [1.165, 1.54) is 7.11 Å². The van der Waals surface area contributed by atoms with Crippen LogP contribution in [0, 0.1) is 0 Å². The molecule has 76 valence electrons. The Hall–Kier alpha value is -0.540. The fourth-order valence-corrected chi connectivity index (χ4v) is 2.13. The zero-order valence-corrected chi connectivity index (χ0v) is 10.0. The molecule has 1 aromatic carbocycles. The zero-order valence-electron chi connectivity index (χ0n) is 7.67. The summed E-state index contributed by atoms with van der Waals surface area (Å²) >= 11 is 9.36. The predicted molar refractivity (Wildman–Crippen MR) is 59.8 cm³/mol. The van der Waals surface area contributed by atoms with Crippen LogP contribution in [-0.2, 0) is 9.53 Å². The highest BCUT2D eigenvalue weighted by molar-refractivity contribution is 9.09. The quantitative estimate of drug-likeness (QED) is 0.626. The Morgan fingerprint density at radius 3 is 2.79 bits per heavy atom. The van der Waals surface area contributed by atoms with Crippen molar-refractivity contribution in [2.75, 3.05) is 7.11 Å². The van der Waals surface area contributed by atoms with Gasteiger partial charge in [-0.2, -0.15) is 0 Å². The number of rotatable bonds is 3. The summed E-state index contributed by atoms with van der Waals surface area (Å²) in [6.45, 7) is 0. The van der Waals surface area contributed by atoms with E-state index in [1.807, 2.05) is 18.2 Å². The molecule has 14 heavy (non-hydrogen) atoms. The molecule has 0 saturated heterocycles. The molecule has 1 aromatic rings. The second-order valence-corrected chi connectivity index (χ2v) is 4.28. The minimum atomic E-state index is -0.258. The Balaban J connectivity index is 2.74. The molecule has 0 amide bonds. The van der Waals surface area contributed by atoms with Gasteiger partial charge in [0.05, 0.1) is 18.4 Å². The number of carbonyl (C=O) groups is 1. The van der Waals surface area contributed by atoms with Crippen LogP contribution in [0.25, 0.3) is 0 Å². The first-order chi connectivity index (χ1) is 6.65. The maximum absolute atomic E-state index is 11.0. The number of halogens is 2. The third-order valence-electron chi connectivity index (χ3n) is 1.82. The van der Waals surface area contributed by atoms with Gasteiger partial charge in [0.2, 0.25) is 0 Å². The molecule has 1 unspecified atom stereocenters. The molecule has 2 nitrogen and oxygen atoms in total. The molecule has 0 spiro atoms. The maximum atomic E-state index is 11.0. The van der Waals surface area contributed by atoms with Crippen LogP contribution in [0.15, 0.2) is 24.3 Å². The summed E-state index contributed by atoms with van der Waals surface area (Å²) in [5.74, 6) is -0.258. The second kappa shape index (κ2) is 5.37. The van der Waals surface area contributed by atoms with Crippen LogP contribution in [-0.4, -0.2) is 13.1 Å². The van der Waals surface area contributed by atoms with Gasteiger partial charge in [0.15, 0.2) is 0 Å². The lowest BCUT2D eigenvalue weighted by molar-refractivity contribution is -0.140. The maximum Gasteiger partial charge on any atom is 0.306 e. The van der Waals surface area contributed by atoms with E-state index in [-0.39, 0.29) is 17.2 Å². The summed E-state index contributed by atoms with van der Waals surface area (Å²) in [5, 5.41) is 0.651. The van der Waals surface area contributed by atoms with Crippen molar-refractivity contribution in [3.05, 3.63) is 34.9 Å². The molecule has 0 aliphatic heterocycles. The van der Waals surface area contributed by atoms with Gasteiger partial charge in [-0.1, -0.05) is 45.7 Å². The van der Waals surface area contributed by atoms with Crippen LogP contribution < -0.4 is 0 Å². The summed E-state index contributed by atoms with van der Waals surface area (Å²) in [7, 11) is 1.37. The lowest BCUT2D eigenvalue weighted by Gasteiger charge is -2.09. The van der Waals surface area contributed by atoms with Crippen LogP contribution in [0.1, 0.15) is 16.8 Å². The van der Waals surface area contributed by atoms with Crippen molar-refractivity contribution >= 4 is 33.5 Å². The number of benzene rings is 1. The standard InChI is InChI=1S/C10H10BrClO2/c1-14-10(13)6-8(11)7-4-2-3-5-9(7)12/h2-5,8H,6H2,1H3. The molecule has 0 fully saturated rings. The SMILES string of the molecule is COC(=O)CC(Br)c1ccccc1Cl. The van der Waals surface area contributed by atoms with Gasteiger partial charge in [0, 0.05) is 5.02 Å². The summed E-state index contributed by atoms with van der Waals surface area (Å²) < 4.78 is 4.57. The van der Waals surface area contributed by atoms with Crippen molar-refractivity contribution in [2.45, 2.75) is 11.2 Å². The Kier molecular flexibility index (Phi) is 4.42. The van der Waals surface area contributed by atoms with Crippen molar-refractivity contribution < 1.29 is 9.53 Å². The van der Waals surface area contributed by atoms with Crippen molar-refractivity contribution in [3.63, 3.8) is 0 Å². The normalized spacial score (nSPS) is 12.2. The number of esters is 1. The van der Waals surface area contributed by atoms with Gasteiger partial charge in [-0.15, -0.1) is 0 Å². The first kappa shape index (κ1) is 11.5. The summed E-state index contributed by atoms with van der Waals surface area (Å²) in [6, 6.07) is 7.41. The minimum absolute atomic E-state index is 0.0938. The van der Waals surface area contributed by atoms with Crippen molar-refractivity contribution in [1.82, 2.24) is 0 Å². The number of hydrogen-bond donors (Lipinski definition) is 0. The van der Waals surface area contributed by atoms with Crippen LogP contribution in [0.3, 0.4) is 0 Å². The van der Waals surface area contributed by atoms with Gasteiger partial charge >= 0.3 is 5.97 Å². The second-order valence-electron chi connectivity index (χ2n) is 2.77. The first-order valence-electron chi connectivity index (χ1n) is 4.10. The Labute approximate surface area is 96.3 Å². The third-order valence-corrected chi connectivity index (χ3v) is 2.98. The molecular weight excluding hydrogens is 267 g/mol. The molecule has 0 saturated carbocycles. The number of alkyl halides is 1. The lowest BCUT2D eigenvalue weighted by Crippen LogP contribution is -2.04. The Bertz CT molecular complexity index is 328. The van der Waals surface area contributed by atoms with Crippen molar-refractivity contribution in [2.24, 2.45) is 0 Å². The fourth-order valence-electron chi connectivity index (χ4n) is 1.07. The molecule has 0 radical (unpaired) electrons. The molecule has 1 rings (SSSR count). The average molecular weight is 278 g/mol. The zero-order chi connectivity index (χ0) is 10.6. The third kappa shape index (κ3) is 3.00. The van der Waals surface area contributed by atoms with E-state index in [0.29, 0.717) is 5.02 Å². The van der Waals surface area contributed by atoms with Crippen LogP contribution >= 0.6 is 27.5 Å². The molecule has 0 bridgehead atoms. The molecule has 0 aromatic heterocycles. The molecule has 4 heteroatoms. The minimum Gasteiger partial charge on any atom is -0.469 e. The monoisotopic (exact) mass is 276 g/mol. The number of methoxy groups -OCH3 is 1. The fraction of sp³-hybridized carbons (Fsp3) is 0.300. The first-order valence-corrected chi connectivity index (χ1v) is 5.40. The van der Waals surface area contributed by atoms with E-state index in [4.69, 9.17) is 11.6 Å². The van der Waals surface area contributed by atoms with E-state index in [1.54, 1.807) is 6.07 Å². The van der Waals surface area contributed by atoms with Crippen LogP contribution in [0.2, 0.25) is 5.02 Å². The van der Waals surface area contributed by atoms with E-state index in [2.05, 4.69) is 20.7 Å². The van der Waals surface area contributed by atoms with Gasteiger partial charge in [0.1, 0.15) is 0 Å². The van der Waals surface area contributed by atoms with Gasteiger partial charge < -0.3 is 4.74 Å². The topological polar surface area (TPSA) is 26.3 Å². The summed E-state index contributed by atoms with van der Waals surface area (Å²) in [6.07, 6.45) is 0.278. The number of carbonyl (C=O) groups excluding carboxylic acids is 1. The smallest absolute Gasteiger partial charge is 0.306 e. The van der Waals surface area contributed by atoms with Crippen molar-refractivity contribution in [1.29, 1.82) is 0 Å². The van der Waals surface area contributed by atoms with E-state index in [0.717, 1.165) is 5.56 Å². The van der Waals surface area contributed by atoms with Crippen molar-refractivity contribution in [3.8, 4) is 0 Å². The summed E-state index contributed by atoms with van der Waals surface area (Å²) in [4.78, 5) is 10.9. The van der Waals surface area contributed by atoms with E-state index < -0.39 is 0 Å². The number of hydrogen-bond acceptors (Lipinski definition) is 2. The van der Waals surface area contributed by atoms with Gasteiger partial charge in [-0.05, 0) is 11.6 Å². The number of ether oxygens (including phenoxy) is 1. The molecular formula is C10H10BrClO2. The van der Waals surface area contributed by atoms with E-state index in [9.17, 15) is 4.79 Å². The molecule has 0 heterocycles. The van der Waals surface area contributed by atoms with Gasteiger partial charge in [-0.25, -0.2) is 0 Å². The molecule has 0 aliphatic carbocycles. The molecule has 0 aliphatic rings. The lowest BCUT2D eigenvalue weighted by atomic mass is 10.1. The molecule has 0 N–H and O–H groups in total. The van der Waals surface area contributed by atoms with E-state index >= 15 is 0 Å². The molecule has 1 atom stereocenters. The highest BCUT2D eigenvalue weighted by atomic mass is 79.9. The van der Waals surface area contributed by atoms with Gasteiger partial charge in [-0.3, -0.25) is 4.79 Å². The van der Waals surface area contributed by atoms with Crippen LogP contribution in [0.4, 0.5) is 0 Å². The highest BCUT2D eigenvalue weighted by Gasteiger charge is 2.15. The average Bonchev–Trinajstić information content (AvgIpc) is 2.18. The Morgan fingerprint density at radius 2 is 2.21 bits per heavy atom. The van der Waals surface area contributed by atoms with Crippen LogP contribution in [0.5, 0.6) is 0 Å². The largest absolute Gasteiger partial charge is 0.469 e. The highest BCUT2D eigenvalue weighted by Crippen LogP contribution is 2.31.